The second kappa shape index (κ2) is 6.30. The second-order valence-electron chi connectivity index (χ2n) is 4.93. The number of nitrogen functional groups attached to an aromatic ring is 2. The predicted molar refractivity (Wildman–Crippen MR) is 81.3 cm³/mol. The highest BCUT2D eigenvalue weighted by atomic mass is 35.5. The summed E-state index contributed by atoms with van der Waals surface area (Å²) in [6.07, 6.45) is 0. The van der Waals surface area contributed by atoms with Gasteiger partial charge in [0.15, 0.2) is 5.82 Å². The van der Waals surface area contributed by atoms with Crippen molar-refractivity contribution in [2.24, 2.45) is 0 Å². The van der Waals surface area contributed by atoms with Gasteiger partial charge in [-0.2, -0.15) is 0 Å². The number of nitrogens with zero attached hydrogens (tertiary/aromatic N) is 2. The topological polar surface area (TPSA) is 58.5 Å². The molecule has 0 saturated carbocycles. The Morgan fingerprint density at radius 1 is 1.32 bits per heavy atom. The summed E-state index contributed by atoms with van der Waals surface area (Å²) < 4.78 is 14.3. The molecule has 0 heterocycles. The Morgan fingerprint density at radius 3 is 2.37 bits per heavy atom. The molecule has 0 aliphatic carbocycles. The Balaban J connectivity index is 3.22. The van der Waals surface area contributed by atoms with Gasteiger partial charge >= 0.3 is 0 Å². The molecule has 1 atom stereocenters. The standard InChI is InChI=1S/C13H22ClFN4/c1-5-19(8(2)7-18(3)4)13-10(17)6-9(16)11(14)12(13)15/h6,8H,5,7,16-17H2,1-4H3. The molecule has 6 heteroatoms. The lowest BCUT2D eigenvalue weighted by atomic mass is 10.1. The fourth-order valence-electron chi connectivity index (χ4n) is 2.27. The zero-order valence-corrected chi connectivity index (χ0v) is 12.6. The molecule has 1 aromatic rings. The van der Waals surface area contributed by atoms with Crippen molar-refractivity contribution >= 4 is 28.7 Å². The summed E-state index contributed by atoms with van der Waals surface area (Å²) in [6, 6.07) is 1.61. The van der Waals surface area contributed by atoms with E-state index in [-0.39, 0.29) is 16.8 Å². The van der Waals surface area contributed by atoms with Crippen LogP contribution in [0.3, 0.4) is 0 Å². The van der Waals surface area contributed by atoms with Gasteiger partial charge in [0, 0.05) is 19.1 Å². The van der Waals surface area contributed by atoms with Crippen LogP contribution < -0.4 is 16.4 Å². The van der Waals surface area contributed by atoms with Crippen LogP contribution in [0.4, 0.5) is 21.5 Å². The van der Waals surface area contributed by atoms with Crippen LogP contribution in [0.5, 0.6) is 0 Å². The van der Waals surface area contributed by atoms with E-state index in [1.165, 1.54) is 6.07 Å². The van der Waals surface area contributed by atoms with Crippen molar-refractivity contribution in [2.75, 3.05) is 43.6 Å². The van der Waals surface area contributed by atoms with Crippen molar-refractivity contribution in [1.29, 1.82) is 0 Å². The molecule has 1 unspecified atom stereocenters. The lowest BCUT2D eigenvalue weighted by molar-refractivity contribution is 0.372. The average Bonchev–Trinajstić information content (AvgIpc) is 2.30. The van der Waals surface area contributed by atoms with Gasteiger partial charge in [0.2, 0.25) is 0 Å². The summed E-state index contributed by atoms with van der Waals surface area (Å²) in [5, 5.41) is -0.0697. The minimum atomic E-state index is -0.549. The molecule has 4 nitrogen and oxygen atoms in total. The normalized spacial score (nSPS) is 12.8. The summed E-state index contributed by atoms with van der Waals surface area (Å²) >= 11 is 5.87. The van der Waals surface area contributed by atoms with Gasteiger partial charge in [-0.05, 0) is 34.0 Å². The zero-order chi connectivity index (χ0) is 14.7. The SMILES string of the molecule is CCN(c1c(N)cc(N)c(Cl)c1F)C(C)CN(C)C. The first-order valence-electron chi connectivity index (χ1n) is 6.23. The largest absolute Gasteiger partial charge is 0.397 e. The molecule has 0 amide bonds. The smallest absolute Gasteiger partial charge is 0.169 e. The highest BCUT2D eigenvalue weighted by Crippen LogP contribution is 2.36. The number of hydrogen-bond donors (Lipinski definition) is 2. The number of hydrogen-bond acceptors (Lipinski definition) is 4. The van der Waals surface area contributed by atoms with E-state index in [1.807, 2.05) is 37.7 Å². The Hall–Kier alpha value is -1.20. The Kier molecular flexibility index (Phi) is 5.26. The maximum absolute atomic E-state index is 14.3. The molecule has 0 aliphatic rings. The molecular weight excluding hydrogens is 267 g/mol. The molecule has 0 radical (unpaired) electrons. The first kappa shape index (κ1) is 15.9. The van der Waals surface area contributed by atoms with Crippen LogP contribution in [0.1, 0.15) is 13.8 Å². The molecule has 0 bridgehead atoms. The average molecular weight is 289 g/mol. The van der Waals surface area contributed by atoms with Gasteiger partial charge in [0.05, 0.1) is 17.1 Å². The number of nitrogens with two attached hydrogens (primary N) is 2. The van der Waals surface area contributed by atoms with E-state index in [4.69, 9.17) is 23.1 Å². The lowest BCUT2D eigenvalue weighted by Gasteiger charge is -2.33. The molecule has 0 saturated heterocycles. The van der Waals surface area contributed by atoms with E-state index < -0.39 is 5.82 Å². The van der Waals surface area contributed by atoms with E-state index in [0.717, 1.165) is 6.54 Å². The summed E-state index contributed by atoms with van der Waals surface area (Å²) in [4.78, 5) is 3.94. The van der Waals surface area contributed by atoms with E-state index in [0.29, 0.717) is 17.9 Å². The van der Waals surface area contributed by atoms with E-state index in [1.54, 1.807) is 0 Å². The summed E-state index contributed by atoms with van der Waals surface area (Å²) in [5.41, 5.74) is 12.3. The van der Waals surface area contributed by atoms with Gasteiger partial charge in [0.1, 0.15) is 5.02 Å². The van der Waals surface area contributed by atoms with Gasteiger partial charge in [-0.25, -0.2) is 4.39 Å². The molecule has 0 fully saturated rings. The van der Waals surface area contributed by atoms with Crippen LogP contribution in [0.25, 0.3) is 0 Å². The van der Waals surface area contributed by atoms with E-state index in [9.17, 15) is 4.39 Å². The number of rotatable bonds is 5. The number of likely N-dealkylation sites (N-methyl/N-ethyl adjacent to an activating group) is 2. The van der Waals surface area contributed by atoms with E-state index >= 15 is 0 Å². The maximum atomic E-state index is 14.3. The lowest BCUT2D eigenvalue weighted by Crippen LogP contribution is -2.41. The first-order valence-corrected chi connectivity index (χ1v) is 6.61. The molecule has 0 aromatic heterocycles. The van der Waals surface area contributed by atoms with Crippen molar-refractivity contribution in [3.8, 4) is 0 Å². The fraction of sp³-hybridized carbons (Fsp3) is 0.538. The highest BCUT2D eigenvalue weighted by molar-refractivity contribution is 6.33. The van der Waals surface area contributed by atoms with Gasteiger partial charge in [-0.1, -0.05) is 11.6 Å². The van der Waals surface area contributed by atoms with Crippen LogP contribution in [-0.4, -0.2) is 38.1 Å². The van der Waals surface area contributed by atoms with Crippen molar-refractivity contribution in [3.63, 3.8) is 0 Å². The third kappa shape index (κ3) is 3.42. The quantitative estimate of drug-likeness (QED) is 0.817. The zero-order valence-electron chi connectivity index (χ0n) is 11.9. The molecule has 4 N–H and O–H groups in total. The highest BCUT2D eigenvalue weighted by Gasteiger charge is 2.22. The van der Waals surface area contributed by atoms with Gasteiger partial charge in [0.25, 0.3) is 0 Å². The first-order chi connectivity index (χ1) is 8.79. The van der Waals surface area contributed by atoms with Gasteiger partial charge in [-0.15, -0.1) is 0 Å². The molecule has 0 aliphatic heterocycles. The Bertz CT molecular complexity index is 451. The second-order valence-corrected chi connectivity index (χ2v) is 5.31. The minimum Gasteiger partial charge on any atom is -0.397 e. The van der Waals surface area contributed by atoms with Crippen LogP contribution in [0.2, 0.25) is 5.02 Å². The predicted octanol–water partition coefficient (Wildman–Crippen LogP) is 2.42. The summed E-state index contributed by atoms with van der Waals surface area (Å²) in [7, 11) is 3.94. The van der Waals surface area contributed by atoms with Gasteiger partial charge in [-0.3, -0.25) is 0 Å². The monoisotopic (exact) mass is 288 g/mol. The van der Waals surface area contributed by atoms with Crippen LogP contribution in [-0.2, 0) is 0 Å². The molecule has 1 rings (SSSR count). The molecule has 19 heavy (non-hydrogen) atoms. The number of benzene rings is 1. The van der Waals surface area contributed by atoms with Crippen molar-refractivity contribution < 1.29 is 4.39 Å². The fourth-order valence-corrected chi connectivity index (χ4v) is 2.41. The minimum absolute atomic E-state index is 0.0697. The van der Waals surface area contributed by atoms with Crippen molar-refractivity contribution in [2.45, 2.75) is 19.9 Å². The summed E-state index contributed by atoms with van der Waals surface area (Å²) in [5.74, 6) is -0.549. The van der Waals surface area contributed by atoms with Crippen LogP contribution in [0, 0.1) is 5.82 Å². The Morgan fingerprint density at radius 2 is 1.89 bits per heavy atom. The molecule has 1 aromatic carbocycles. The third-order valence-corrected chi connectivity index (χ3v) is 3.41. The van der Waals surface area contributed by atoms with Crippen molar-refractivity contribution in [1.82, 2.24) is 4.90 Å². The van der Waals surface area contributed by atoms with E-state index in [2.05, 4.69) is 0 Å². The molecule has 0 spiro atoms. The Labute approximate surface area is 119 Å². The number of anilines is 3. The molecule has 108 valence electrons. The van der Waals surface area contributed by atoms with Crippen LogP contribution in [0.15, 0.2) is 6.07 Å². The van der Waals surface area contributed by atoms with Gasteiger partial charge < -0.3 is 21.3 Å². The number of halogens is 2. The summed E-state index contributed by atoms with van der Waals surface area (Å²) in [6.45, 7) is 5.40. The van der Waals surface area contributed by atoms with Crippen LogP contribution >= 0.6 is 11.6 Å². The maximum Gasteiger partial charge on any atom is 0.169 e. The molecular formula is C13H22ClFN4. The third-order valence-electron chi connectivity index (χ3n) is 3.03. The van der Waals surface area contributed by atoms with Crippen molar-refractivity contribution in [3.05, 3.63) is 16.9 Å².